The van der Waals surface area contributed by atoms with Crippen LogP contribution in [0.25, 0.3) is 5.69 Å². The van der Waals surface area contributed by atoms with E-state index in [0.717, 1.165) is 0 Å². The SMILES string of the molecule is N#Cc1c(N)nn(-c2cccc([N+](=O)[O-])c2)c1N. The second-order valence-electron chi connectivity index (χ2n) is 3.45. The summed E-state index contributed by atoms with van der Waals surface area (Å²) in [6, 6.07) is 7.54. The van der Waals surface area contributed by atoms with E-state index in [1.165, 1.54) is 22.9 Å². The molecule has 0 aliphatic heterocycles. The number of nitrogens with zero attached hydrogens (tertiary/aromatic N) is 4. The van der Waals surface area contributed by atoms with Crippen molar-refractivity contribution < 1.29 is 4.92 Å². The normalized spacial score (nSPS) is 9.94. The van der Waals surface area contributed by atoms with Crippen molar-refractivity contribution in [1.29, 1.82) is 5.26 Å². The predicted octanol–water partition coefficient (Wildman–Crippen LogP) is 0.817. The molecule has 1 aromatic carbocycles. The number of nitrogen functional groups attached to an aromatic ring is 2. The molecule has 2 rings (SSSR count). The first-order valence-corrected chi connectivity index (χ1v) is 4.83. The van der Waals surface area contributed by atoms with Crippen LogP contribution < -0.4 is 11.5 Å². The summed E-state index contributed by atoms with van der Waals surface area (Å²) >= 11 is 0. The third kappa shape index (κ3) is 1.69. The van der Waals surface area contributed by atoms with E-state index in [2.05, 4.69) is 5.10 Å². The molecule has 1 aromatic heterocycles. The lowest BCUT2D eigenvalue weighted by Gasteiger charge is -2.03. The monoisotopic (exact) mass is 244 g/mol. The van der Waals surface area contributed by atoms with Gasteiger partial charge in [-0.25, -0.2) is 4.68 Å². The molecule has 0 spiro atoms. The van der Waals surface area contributed by atoms with E-state index >= 15 is 0 Å². The quantitative estimate of drug-likeness (QED) is 0.592. The largest absolute Gasteiger partial charge is 0.382 e. The summed E-state index contributed by atoms with van der Waals surface area (Å²) in [5.41, 5.74) is 11.6. The Kier molecular flexibility index (Phi) is 2.57. The van der Waals surface area contributed by atoms with Crippen LogP contribution in [0, 0.1) is 21.4 Å². The first-order chi connectivity index (χ1) is 8.54. The zero-order chi connectivity index (χ0) is 13.3. The molecular weight excluding hydrogens is 236 g/mol. The summed E-state index contributed by atoms with van der Waals surface area (Å²) in [7, 11) is 0. The van der Waals surface area contributed by atoms with Crippen LogP contribution in [0.4, 0.5) is 17.3 Å². The summed E-state index contributed by atoms with van der Waals surface area (Å²) in [6.45, 7) is 0. The first-order valence-electron chi connectivity index (χ1n) is 4.83. The maximum Gasteiger partial charge on any atom is 0.271 e. The Labute approximate surface area is 101 Å². The highest BCUT2D eigenvalue weighted by Crippen LogP contribution is 2.23. The average molecular weight is 244 g/mol. The fraction of sp³-hybridized carbons (Fsp3) is 0. The van der Waals surface area contributed by atoms with Gasteiger partial charge in [0.15, 0.2) is 5.82 Å². The van der Waals surface area contributed by atoms with Crippen LogP contribution in [0.1, 0.15) is 5.56 Å². The molecule has 0 fully saturated rings. The third-order valence-corrected chi connectivity index (χ3v) is 2.35. The van der Waals surface area contributed by atoms with E-state index in [0.29, 0.717) is 5.69 Å². The van der Waals surface area contributed by atoms with E-state index in [4.69, 9.17) is 16.7 Å². The van der Waals surface area contributed by atoms with Crippen molar-refractivity contribution in [3.8, 4) is 11.8 Å². The fourth-order valence-corrected chi connectivity index (χ4v) is 1.50. The number of aromatic nitrogens is 2. The highest BCUT2D eigenvalue weighted by molar-refractivity contribution is 5.64. The Morgan fingerprint density at radius 1 is 1.44 bits per heavy atom. The highest BCUT2D eigenvalue weighted by Gasteiger charge is 2.15. The van der Waals surface area contributed by atoms with E-state index < -0.39 is 4.92 Å². The molecule has 8 nitrogen and oxygen atoms in total. The van der Waals surface area contributed by atoms with Gasteiger partial charge in [-0.3, -0.25) is 10.1 Å². The lowest BCUT2D eigenvalue weighted by Crippen LogP contribution is -2.03. The van der Waals surface area contributed by atoms with Crippen molar-refractivity contribution in [2.24, 2.45) is 0 Å². The van der Waals surface area contributed by atoms with Crippen molar-refractivity contribution >= 4 is 17.3 Å². The van der Waals surface area contributed by atoms with Gasteiger partial charge in [0.1, 0.15) is 17.5 Å². The van der Waals surface area contributed by atoms with E-state index in [-0.39, 0.29) is 22.9 Å². The molecule has 0 aliphatic rings. The number of nitro groups is 1. The van der Waals surface area contributed by atoms with Gasteiger partial charge in [0.2, 0.25) is 0 Å². The maximum absolute atomic E-state index is 10.7. The lowest BCUT2D eigenvalue weighted by atomic mass is 10.3. The maximum atomic E-state index is 10.7. The van der Waals surface area contributed by atoms with Crippen molar-refractivity contribution in [3.05, 3.63) is 39.9 Å². The van der Waals surface area contributed by atoms with E-state index in [9.17, 15) is 10.1 Å². The second kappa shape index (κ2) is 4.06. The molecule has 90 valence electrons. The number of nitrogens with two attached hydrogens (primary N) is 2. The Balaban J connectivity index is 2.60. The summed E-state index contributed by atoms with van der Waals surface area (Å²) in [5, 5.41) is 23.4. The summed E-state index contributed by atoms with van der Waals surface area (Å²) < 4.78 is 1.20. The van der Waals surface area contributed by atoms with E-state index in [1.807, 2.05) is 6.07 Å². The topological polar surface area (TPSA) is 137 Å². The van der Waals surface area contributed by atoms with Gasteiger partial charge in [0.25, 0.3) is 5.69 Å². The Hall–Kier alpha value is -3.08. The summed E-state index contributed by atoms with van der Waals surface area (Å²) in [5.74, 6) is 0.0389. The zero-order valence-electron chi connectivity index (χ0n) is 9.07. The number of anilines is 2. The van der Waals surface area contributed by atoms with Gasteiger partial charge in [0, 0.05) is 12.1 Å². The van der Waals surface area contributed by atoms with Gasteiger partial charge in [-0.15, -0.1) is 5.10 Å². The van der Waals surface area contributed by atoms with Crippen LogP contribution in [0.3, 0.4) is 0 Å². The molecule has 0 radical (unpaired) electrons. The van der Waals surface area contributed by atoms with Crippen LogP contribution in [0.15, 0.2) is 24.3 Å². The number of nitriles is 1. The molecule has 0 saturated carbocycles. The lowest BCUT2D eigenvalue weighted by molar-refractivity contribution is -0.384. The van der Waals surface area contributed by atoms with Gasteiger partial charge in [-0.1, -0.05) is 6.07 Å². The third-order valence-electron chi connectivity index (χ3n) is 2.35. The Morgan fingerprint density at radius 2 is 2.17 bits per heavy atom. The molecule has 0 bridgehead atoms. The highest BCUT2D eigenvalue weighted by atomic mass is 16.6. The smallest absolute Gasteiger partial charge is 0.271 e. The first kappa shape index (κ1) is 11.4. The van der Waals surface area contributed by atoms with Crippen LogP contribution in [0.5, 0.6) is 0 Å². The molecule has 4 N–H and O–H groups in total. The molecule has 1 heterocycles. The number of hydrogen-bond donors (Lipinski definition) is 2. The van der Waals surface area contributed by atoms with Crippen molar-refractivity contribution in [3.63, 3.8) is 0 Å². The fourth-order valence-electron chi connectivity index (χ4n) is 1.50. The Bertz CT molecular complexity index is 669. The van der Waals surface area contributed by atoms with Gasteiger partial charge in [0.05, 0.1) is 10.6 Å². The van der Waals surface area contributed by atoms with Gasteiger partial charge in [-0.05, 0) is 6.07 Å². The molecule has 0 atom stereocenters. The molecular formula is C10H8N6O2. The van der Waals surface area contributed by atoms with Crippen LogP contribution in [-0.2, 0) is 0 Å². The second-order valence-corrected chi connectivity index (χ2v) is 3.45. The van der Waals surface area contributed by atoms with Crippen molar-refractivity contribution in [1.82, 2.24) is 9.78 Å². The van der Waals surface area contributed by atoms with Gasteiger partial charge < -0.3 is 11.5 Å². The zero-order valence-corrected chi connectivity index (χ0v) is 9.07. The van der Waals surface area contributed by atoms with Gasteiger partial charge >= 0.3 is 0 Å². The average Bonchev–Trinajstić information content (AvgIpc) is 2.64. The number of hydrogen-bond acceptors (Lipinski definition) is 6. The Morgan fingerprint density at radius 3 is 2.72 bits per heavy atom. The summed E-state index contributed by atoms with van der Waals surface area (Å²) in [4.78, 5) is 10.1. The minimum Gasteiger partial charge on any atom is -0.382 e. The van der Waals surface area contributed by atoms with Crippen LogP contribution >= 0.6 is 0 Å². The molecule has 8 heteroatoms. The number of benzene rings is 1. The summed E-state index contributed by atoms with van der Waals surface area (Å²) in [6.07, 6.45) is 0. The standard InChI is InChI=1S/C10H8N6O2/c11-5-8-9(12)14-15(10(8)13)6-2-1-3-7(4-6)16(17)18/h1-4H,13H2,(H2,12,14). The molecule has 18 heavy (non-hydrogen) atoms. The molecule has 0 amide bonds. The number of rotatable bonds is 2. The number of non-ortho nitro benzene ring substituents is 1. The molecule has 0 unspecified atom stereocenters. The minimum atomic E-state index is -0.530. The van der Waals surface area contributed by atoms with Crippen LogP contribution in [-0.4, -0.2) is 14.7 Å². The van der Waals surface area contributed by atoms with Crippen molar-refractivity contribution in [2.45, 2.75) is 0 Å². The van der Waals surface area contributed by atoms with Gasteiger partial charge in [-0.2, -0.15) is 5.26 Å². The van der Waals surface area contributed by atoms with Crippen LogP contribution in [0.2, 0.25) is 0 Å². The minimum absolute atomic E-state index is 0.0125. The van der Waals surface area contributed by atoms with Crippen molar-refractivity contribution in [2.75, 3.05) is 11.5 Å². The molecule has 0 aliphatic carbocycles. The molecule has 0 saturated heterocycles. The number of nitro benzene ring substituents is 1. The predicted molar refractivity (Wildman–Crippen MR) is 63.8 cm³/mol. The molecule has 2 aromatic rings. The van der Waals surface area contributed by atoms with E-state index in [1.54, 1.807) is 6.07 Å².